The van der Waals surface area contributed by atoms with Crippen molar-refractivity contribution in [1.82, 2.24) is 24.9 Å². The van der Waals surface area contributed by atoms with Crippen molar-refractivity contribution >= 4 is 22.5 Å². The molecule has 1 fully saturated rings. The average molecular weight is 360 g/mol. The number of aromatic nitrogens is 4. The smallest absolute Gasteiger partial charge is 0.0858 e. The van der Waals surface area contributed by atoms with Gasteiger partial charge in [-0.2, -0.15) is 10.2 Å². The first-order chi connectivity index (χ1) is 12.0. The summed E-state index contributed by atoms with van der Waals surface area (Å²) in [4.78, 5) is 2.25. The molecule has 0 amide bonds. The van der Waals surface area contributed by atoms with Gasteiger partial charge in [0.15, 0.2) is 0 Å². The Balaban J connectivity index is 1.51. The van der Waals surface area contributed by atoms with Gasteiger partial charge < -0.3 is 5.11 Å². The zero-order chi connectivity index (χ0) is 17.6. The van der Waals surface area contributed by atoms with E-state index in [-0.39, 0.29) is 12.0 Å². The van der Waals surface area contributed by atoms with Crippen molar-refractivity contribution in [2.45, 2.75) is 26.0 Å². The molecule has 1 aromatic carbocycles. The summed E-state index contributed by atoms with van der Waals surface area (Å²) in [5.41, 5.74) is 4.06. The van der Waals surface area contributed by atoms with Crippen LogP contribution in [0.15, 0.2) is 24.3 Å². The van der Waals surface area contributed by atoms with Crippen LogP contribution in [0.2, 0.25) is 5.02 Å². The van der Waals surface area contributed by atoms with E-state index >= 15 is 0 Å². The highest BCUT2D eigenvalue weighted by Crippen LogP contribution is 2.29. The Kier molecular flexibility index (Phi) is 4.27. The van der Waals surface area contributed by atoms with Crippen molar-refractivity contribution in [3.05, 3.63) is 46.4 Å². The number of aliphatic hydroxyl groups is 1. The van der Waals surface area contributed by atoms with Crippen LogP contribution in [0.4, 0.5) is 0 Å². The van der Waals surface area contributed by atoms with Crippen LogP contribution in [0.3, 0.4) is 0 Å². The fraction of sp³-hybridized carbons (Fsp3) is 0.444. The molecule has 2 aromatic heterocycles. The molecule has 0 aliphatic carbocycles. The fourth-order valence-corrected chi connectivity index (χ4v) is 4.07. The Morgan fingerprint density at radius 2 is 2.20 bits per heavy atom. The normalized spacial score (nSPS) is 21.4. The lowest BCUT2D eigenvalue weighted by atomic mass is 10.0. The van der Waals surface area contributed by atoms with Crippen LogP contribution in [0.5, 0.6) is 0 Å². The zero-order valence-corrected chi connectivity index (χ0v) is 15.2. The highest BCUT2D eigenvalue weighted by Gasteiger charge is 2.32. The van der Waals surface area contributed by atoms with Crippen molar-refractivity contribution in [1.29, 1.82) is 0 Å². The topological polar surface area (TPSA) is 70.0 Å². The molecule has 1 aliphatic rings. The van der Waals surface area contributed by atoms with Gasteiger partial charge in [0, 0.05) is 43.7 Å². The lowest BCUT2D eigenvalue weighted by Gasteiger charge is -2.14. The minimum atomic E-state index is -0.345. The number of aromatic amines is 1. The van der Waals surface area contributed by atoms with E-state index in [0.717, 1.165) is 46.0 Å². The van der Waals surface area contributed by atoms with Crippen molar-refractivity contribution in [2.24, 2.45) is 13.0 Å². The molecule has 0 bridgehead atoms. The third-order valence-corrected chi connectivity index (χ3v) is 5.30. The molecule has 25 heavy (non-hydrogen) atoms. The van der Waals surface area contributed by atoms with Crippen LogP contribution in [0.25, 0.3) is 10.9 Å². The van der Waals surface area contributed by atoms with Crippen molar-refractivity contribution in [3.63, 3.8) is 0 Å². The fourth-order valence-electron chi connectivity index (χ4n) is 3.79. The number of nitrogens with one attached hydrogen (secondary N) is 1. The van der Waals surface area contributed by atoms with Crippen LogP contribution in [0, 0.1) is 12.8 Å². The van der Waals surface area contributed by atoms with Gasteiger partial charge in [0.25, 0.3) is 0 Å². The van der Waals surface area contributed by atoms with E-state index in [9.17, 15) is 5.11 Å². The molecule has 2 atom stereocenters. The number of hydrogen-bond acceptors (Lipinski definition) is 4. The second kappa shape index (κ2) is 6.44. The minimum Gasteiger partial charge on any atom is -0.391 e. The molecule has 3 aromatic rings. The van der Waals surface area contributed by atoms with E-state index in [1.165, 1.54) is 0 Å². The number of likely N-dealkylation sites (tertiary alicyclic amines) is 1. The number of aliphatic hydroxyl groups excluding tert-OH is 1. The maximum atomic E-state index is 10.4. The summed E-state index contributed by atoms with van der Waals surface area (Å²) < 4.78 is 1.87. The predicted molar refractivity (Wildman–Crippen MR) is 97.5 cm³/mol. The summed E-state index contributed by atoms with van der Waals surface area (Å²) in [5.74, 6) is 0.188. The Morgan fingerprint density at radius 1 is 1.36 bits per heavy atom. The molecule has 0 saturated carbocycles. The first-order valence-electron chi connectivity index (χ1n) is 8.52. The summed E-state index contributed by atoms with van der Waals surface area (Å²) in [6.45, 7) is 4.16. The Hall–Kier alpha value is -1.89. The van der Waals surface area contributed by atoms with E-state index in [1.807, 2.05) is 42.9 Å². The summed E-state index contributed by atoms with van der Waals surface area (Å²) in [6, 6.07) is 7.91. The molecule has 3 heterocycles. The highest BCUT2D eigenvalue weighted by atomic mass is 35.5. The Labute approximate surface area is 151 Å². The second-order valence-electron chi connectivity index (χ2n) is 6.97. The Bertz CT molecular complexity index is 902. The van der Waals surface area contributed by atoms with E-state index < -0.39 is 0 Å². The van der Waals surface area contributed by atoms with Gasteiger partial charge >= 0.3 is 0 Å². The molecular formula is C18H22ClN5O. The SMILES string of the molecule is Cc1cc(C[C@@H]2CN(Cc3nn(C)c4cccc(Cl)c34)C[C@H]2O)n[nH]1. The predicted octanol–water partition coefficient (Wildman–Crippen LogP) is 2.29. The number of rotatable bonds is 4. The summed E-state index contributed by atoms with van der Waals surface area (Å²) in [7, 11) is 1.93. The quantitative estimate of drug-likeness (QED) is 0.750. The first kappa shape index (κ1) is 16.6. The van der Waals surface area contributed by atoms with Crippen LogP contribution >= 0.6 is 11.6 Å². The molecule has 2 N–H and O–H groups in total. The number of hydrogen-bond donors (Lipinski definition) is 2. The standard InChI is InChI=1S/C18H22ClN5O/c1-11-6-13(21-20-11)7-12-8-24(10-17(12)25)9-15-18-14(19)4-3-5-16(18)23(2)22-15/h3-6,12,17,25H,7-10H2,1-2H3,(H,20,21)/t12-,17-/m1/s1. The maximum absolute atomic E-state index is 10.4. The molecule has 0 spiro atoms. The summed E-state index contributed by atoms with van der Waals surface area (Å²) in [6.07, 6.45) is 0.439. The molecular weight excluding hydrogens is 338 g/mol. The largest absolute Gasteiger partial charge is 0.391 e. The van der Waals surface area contributed by atoms with Gasteiger partial charge in [-0.3, -0.25) is 14.7 Å². The first-order valence-corrected chi connectivity index (χ1v) is 8.90. The van der Waals surface area contributed by atoms with E-state index in [0.29, 0.717) is 13.1 Å². The molecule has 1 saturated heterocycles. The minimum absolute atomic E-state index is 0.188. The van der Waals surface area contributed by atoms with E-state index in [2.05, 4.69) is 20.2 Å². The maximum Gasteiger partial charge on any atom is 0.0858 e. The molecule has 132 valence electrons. The average Bonchev–Trinajstić information content (AvgIpc) is 3.21. The number of halogens is 1. The lowest BCUT2D eigenvalue weighted by Crippen LogP contribution is -2.21. The highest BCUT2D eigenvalue weighted by molar-refractivity contribution is 6.35. The second-order valence-corrected chi connectivity index (χ2v) is 7.38. The molecule has 1 aliphatic heterocycles. The molecule has 7 heteroatoms. The summed E-state index contributed by atoms with van der Waals surface area (Å²) >= 11 is 6.39. The van der Waals surface area contributed by atoms with Gasteiger partial charge in [0.2, 0.25) is 0 Å². The summed E-state index contributed by atoms with van der Waals surface area (Å²) in [5, 5.41) is 24.1. The van der Waals surface area contributed by atoms with Gasteiger partial charge in [-0.1, -0.05) is 17.7 Å². The monoisotopic (exact) mass is 359 g/mol. The Morgan fingerprint density at radius 3 is 2.96 bits per heavy atom. The third kappa shape index (κ3) is 3.17. The molecule has 0 radical (unpaired) electrons. The van der Waals surface area contributed by atoms with E-state index in [1.54, 1.807) is 0 Å². The molecule has 0 unspecified atom stereocenters. The van der Waals surface area contributed by atoms with Gasteiger partial charge in [0.1, 0.15) is 0 Å². The van der Waals surface area contributed by atoms with Crippen LogP contribution in [-0.2, 0) is 20.0 Å². The van der Waals surface area contributed by atoms with Gasteiger partial charge in [-0.15, -0.1) is 0 Å². The van der Waals surface area contributed by atoms with Gasteiger partial charge in [-0.05, 0) is 31.5 Å². The lowest BCUT2D eigenvalue weighted by molar-refractivity contribution is 0.140. The van der Waals surface area contributed by atoms with Gasteiger partial charge in [-0.25, -0.2) is 0 Å². The third-order valence-electron chi connectivity index (χ3n) is 4.99. The number of nitrogens with zero attached hydrogens (tertiary/aromatic N) is 4. The number of benzene rings is 1. The zero-order valence-electron chi connectivity index (χ0n) is 14.4. The molecule has 4 rings (SSSR count). The van der Waals surface area contributed by atoms with Crippen molar-refractivity contribution in [2.75, 3.05) is 13.1 Å². The van der Waals surface area contributed by atoms with Crippen LogP contribution in [0.1, 0.15) is 17.1 Å². The molecule has 6 nitrogen and oxygen atoms in total. The van der Waals surface area contributed by atoms with Crippen LogP contribution in [-0.4, -0.2) is 49.2 Å². The number of aryl methyl sites for hydroxylation is 2. The number of β-amino-alcohol motifs (C(OH)–C–C–N with tert-alkyl or cyclic N) is 1. The van der Waals surface area contributed by atoms with Crippen LogP contribution < -0.4 is 0 Å². The van der Waals surface area contributed by atoms with Gasteiger partial charge in [0.05, 0.1) is 28.0 Å². The van der Waals surface area contributed by atoms with Crippen molar-refractivity contribution < 1.29 is 5.11 Å². The number of fused-ring (bicyclic) bond motifs is 1. The van der Waals surface area contributed by atoms with E-state index in [4.69, 9.17) is 11.6 Å². The van der Waals surface area contributed by atoms with Crippen molar-refractivity contribution in [3.8, 4) is 0 Å². The number of H-pyrrole nitrogens is 1.